The third-order valence-corrected chi connectivity index (χ3v) is 4.34. The van der Waals surface area contributed by atoms with Gasteiger partial charge in [0, 0.05) is 24.2 Å². The molecule has 1 aromatic rings. The molecule has 2 nitrogen and oxygen atoms in total. The molecule has 1 saturated heterocycles. The van der Waals surface area contributed by atoms with Crippen molar-refractivity contribution in [3.63, 3.8) is 0 Å². The van der Waals surface area contributed by atoms with Gasteiger partial charge in [-0.05, 0) is 49.5 Å². The van der Waals surface area contributed by atoms with Crippen LogP contribution in [-0.2, 0) is 6.42 Å². The zero-order chi connectivity index (χ0) is 13.7. The van der Waals surface area contributed by atoms with Gasteiger partial charge in [0.1, 0.15) is 0 Å². The Morgan fingerprint density at radius 3 is 2.68 bits per heavy atom. The number of rotatable bonds is 5. The molecule has 106 valence electrons. The fourth-order valence-corrected chi connectivity index (χ4v) is 3.06. The summed E-state index contributed by atoms with van der Waals surface area (Å²) in [7, 11) is 0. The summed E-state index contributed by atoms with van der Waals surface area (Å²) in [4.78, 5) is 2.59. The van der Waals surface area contributed by atoms with Crippen molar-refractivity contribution in [2.75, 3.05) is 26.2 Å². The van der Waals surface area contributed by atoms with Crippen LogP contribution in [0.3, 0.4) is 0 Å². The maximum absolute atomic E-state index is 5.91. The molecule has 19 heavy (non-hydrogen) atoms. The average molecular weight is 281 g/mol. The molecule has 1 aliphatic rings. The lowest BCUT2D eigenvalue weighted by atomic mass is 9.93. The Morgan fingerprint density at radius 2 is 2.05 bits per heavy atom. The lowest BCUT2D eigenvalue weighted by Gasteiger charge is -2.37. The summed E-state index contributed by atoms with van der Waals surface area (Å²) in [6, 6.07) is 8.94. The number of nitrogens with one attached hydrogen (secondary N) is 1. The predicted octanol–water partition coefficient (Wildman–Crippen LogP) is 3.20. The molecular formula is C16H25ClN2. The predicted molar refractivity (Wildman–Crippen MR) is 82.8 cm³/mol. The number of piperidine rings is 1. The minimum Gasteiger partial charge on any atom is -0.314 e. The van der Waals surface area contributed by atoms with Crippen LogP contribution >= 0.6 is 11.6 Å². The van der Waals surface area contributed by atoms with E-state index in [1.54, 1.807) is 0 Å². The minimum absolute atomic E-state index is 0.705. The van der Waals surface area contributed by atoms with Gasteiger partial charge < -0.3 is 10.2 Å². The molecule has 1 aliphatic heterocycles. The van der Waals surface area contributed by atoms with Crippen LogP contribution in [0.1, 0.15) is 25.8 Å². The highest BCUT2D eigenvalue weighted by Crippen LogP contribution is 2.17. The van der Waals surface area contributed by atoms with Crippen LogP contribution in [0.4, 0.5) is 0 Å². The second-order valence-electron chi connectivity index (χ2n) is 5.61. The topological polar surface area (TPSA) is 15.3 Å². The Morgan fingerprint density at radius 1 is 1.32 bits per heavy atom. The lowest BCUT2D eigenvalue weighted by molar-refractivity contribution is 0.150. The average Bonchev–Trinajstić information content (AvgIpc) is 2.41. The molecular weight excluding hydrogens is 256 g/mol. The van der Waals surface area contributed by atoms with E-state index in [1.807, 2.05) is 12.1 Å². The highest BCUT2D eigenvalue weighted by atomic mass is 35.5. The van der Waals surface area contributed by atoms with E-state index in [-0.39, 0.29) is 0 Å². The van der Waals surface area contributed by atoms with Gasteiger partial charge in [-0.15, -0.1) is 0 Å². The van der Waals surface area contributed by atoms with Gasteiger partial charge in [0.05, 0.1) is 0 Å². The largest absolute Gasteiger partial charge is 0.314 e. The van der Waals surface area contributed by atoms with Crippen molar-refractivity contribution in [2.45, 2.75) is 32.7 Å². The first-order valence-electron chi connectivity index (χ1n) is 7.39. The molecule has 0 bridgehead atoms. The van der Waals surface area contributed by atoms with Crippen LogP contribution in [0.2, 0.25) is 5.02 Å². The fourth-order valence-electron chi connectivity index (χ4n) is 2.94. The molecule has 0 saturated carbocycles. The Bertz CT molecular complexity index is 377. The lowest BCUT2D eigenvalue weighted by Crippen LogP contribution is -2.48. The molecule has 0 aromatic heterocycles. The maximum atomic E-state index is 5.91. The van der Waals surface area contributed by atoms with Crippen molar-refractivity contribution < 1.29 is 0 Å². The van der Waals surface area contributed by atoms with Gasteiger partial charge in [-0.2, -0.15) is 0 Å². The van der Waals surface area contributed by atoms with E-state index in [1.165, 1.54) is 25.1 Å². The smallest absolute Gasteiger partial charge is 0.0406 e. The van der Waals surface area contributed by atoms with E-state index in [0.29, 0.717) is 6.04 Å². The summed E-state index contributed by atoms with van der Waals surface area (Å²) in [5.41, 5.74) is 1.38. The zero-order valence-corrected chi connectivity index (χ0v) is 12.8. The van der Waals surface area contributed by atoms with Gasteiger partial charge in [-0.25, -0.2) is 0 Å². The van der Waals surface area contributed by atoms with Crippen LogP contribution in [0.15, 0.2) is 24.3 Å². The Labute approximate surface area is 122 Å². The molecule has 0 amide bonds. The Balaban J connectivity index is 1.77. The van der Waals surface area contributed by atoms with E-state index in [0.717, 1.165) is 30.5 Å². The van der Waals surface area contributed by atoms with Gasteiger partial charge in [-0.3, -0.25) is 0 Å². The molecule has 3 heteroatoms. The number of nitrogens with zero attached hydrogens (tertiary/aromatic N) is 1. The summed E-state index contributed by atoms with van der Waals surface area (Å²) in [5, 5.41) is 4.42. The Kier molecular flexibility index (Phi) is 5.68. The molecule has 1 fully saturated rings. The summed E-state index contributed by atoms with van der Waals surface area (Å²) in [6.45, 7) is 9.23. The Hall–Kier alpha value is -0.570. The van der Waals surface area contributed by atoms with E-state index in [4.69, 9.17) is 11.6 Å². The van der Waals surface area contributed by atoms with Crippen molar-refractivity contribution in [3.05, 3.63) is 34.9 Å². The van der Waals surface area contributed by atoms with Crippen molar-refractivity contribution in [1.82, 2.24) is 10.2 Å². The number of hydrogen-bond acceptors (Lipinski definition) is 2. The first kappa shape index (κ1) is 14.8. The summed E-state index contributed by atoms with van der Waals surface area (Å²) in [6.07, 6.45) is 2.39. The molecule has 1 N–H and O–H groups in total. The highest BCUT2D eigenvalue weighted by Gasteiger charge is 2.24. The molecule has 1 aromatic carbocycles. The maximum Gasteiger partial charge on any atom is 0.0406 e. The van der Waals surface area contributed by atoms with Crippen LogP contribution in [-0.4, -0.2) is 37.1 Å². The SMILES string of the molecule is CCNC1CCN(CCc2ccc(Cl)cc2)CC1C. The minimum atomic E-state index is 0.705. The molecule has 0 aliphatic carbocycles. The first-order valence-corrected chi connectivity index (χ1v) is 7.77. The number of benzene rings is 1. The second kappa shape index (κ2) is 7.28. The van der Waals surface area contributed by atoms with Crippen molar-refractivity contribution >= 4 is 11.6 Å². The van der Waals surface area contributed by atoms with E-state index < -0.39 is 0 Å². The molecule has 0 spiro atoms. The van der Waals surface area contributed by atoms with Gasteiger partial charge >= 0.3 is 0 Å². The van der Waals surface area contributed by atoms with E-state index >= 15 is 0 Å². The van der Waals surface area contributed by atoms with Gasteiger partial charge in [0.15, 0.2) is 0 Å². The monoisotopic (exact) mass is 280 g/mol. The fraction of sp³-hybridized carbons (Fsp3) is 0.625. The zero-order valence-electron chi connectivity index (χ0n) is 12.0. The summed E-state index contributed by atoms with van der Waals surface area (Å²) >= 11 is 5.91. The number of halogens is 1. The van der Waals surface area contributed by atoms with Crippen molar-refractivity contribution in [2.24, 2.45) is 5.92 Å². The first-order chi connectivity index (χ1) is 9.19. The van der Waals surface area contributed by atoms with E-state index in [2.05, 4.69) is 36.2 Å². The standard InChI is InChI=1S/C16H25ClN2/c1-3-18-16-9-11-19(12-13(16)2)10-8-14-4-6-15(17)7-5-14/h4-7,13,16,18H,3,8-12H2,1-2H3. The molecule has 0 radical (unpaired) electrons. The molecule has 2 rings (SSSR count). The highest BCUT2D eigenvalue weighted by molar-refractivity contribution is 6.30. The molecule has 2 unspecified atom stereocenters. The molecule has 2 atom stereocenters. The van der Waals surface area contributed by atoms with Crippen molar-refractivity contribution in [3.8, 4) is 0 Å². The quantitative estimate of drug-likeness (QED) is 0.891. The van der Waals surface area contributed by atoms with Gasteiger partial charge in [-0.1, -0.05) is 37.6 Å². The third kappa shape index (κ3) is 4.48. The van der Waals surface area contributed by atoms with Gasteiger partial charge in [0.2, 0.25) is 0 Å². The summed E-state index contributed by atoms with van der Waals surface area (Å²) in [5.74, 6) is 0.749. The van der Waals surface area contributed by atoms with Crippen LogP contribution < -0.4 is 5.32 Å². The summed E-state index contributed by atoms with van der Waals surface area (Å²) < 4.78 is 0. The van der Waals surface area contributed by atoms with Gasteiger partial charge in [0.25, 0.3) is 0 Å². The van der Waals surface area contributed by atoms with Crippen LogP contribution in [0, 0.1) is 5.92 Å². The normalized spacial score (nSPS) is 24.6. The molecule has 1 heterocycles. The van der Waals surface area contributed by atoms with Crippen molar-refractivity contribution in [1.29, 1.82) is 0 Å². The third-order valence-electron chi connectivity index (χ3n) is 4.09. The number of likely N-dealkylation sites (tertiary alicyclic amines) is 1. The number of hydrogen-bond donors (Lipinski definition) is 1. The van der Waals surface area contributed by atoms with Crippen LogP contribution in [0.5, 0.6) is 0 Å². The van der Waals surface area contributed by atoms with Crippen LogP contribution in [0.25, 0.3) is 0 Å². The second-order valence-corrected chi connectivity index (χ2v) is 6.04. The van der Waals surface area contributed by atoms with E-state index in [9.17, 15) is 0 Å².